The molecule has 2 N–H and O–H groups in total. The first-order valence-electron chi connectivity index (χ1n) is 7.73. The molecule has 0 fully saturated rings. The van der Waals surface area contributed by atoms with E-state index in [0.29, 0.717) is 17.4 Å². The zero-order valence-electron chi connectivity index (χ0n) is 13.9. The summed E-state index contributed by atoms with van der Waals surface area (Å²) in [5.41, 5.74) is 1.53. The van der Waals surface area contributed by atoms with Crippen molar-refractivity contribution >= 4 is 5.82 Å². The van der Waals surface area contributed by atoms with E-state index in [4.69, 9.17) is 4.42 Å². The molecule has 3 aromatic heterocycles. The van der Waals surface area contributed by atoms with Crippen molar-refractivity contribution in [2.24, 2.45) is 0 Å². The van der Waals surface area contributed by atoms with Gasteiger partial charge in [0.05, 0.1) is 12.8 Å². The number of hydrogen-bond acceptors (Lipinski definition) is 6. The summed E-state index contributed by atoms with van der Waals surface area (Å²) >= 11 is 0. The third kappa shape index (κ3) is 3.28. The number of aromatic nitrogens is 3. The van der Waals surface area contributed by atoms with Gasteiger partial charge in [-0.05, 0) is 45.0 Å². The van der Waals surface area contributed by atoms with Crippen molar-refractivity contribution in [1.82, 2.24) is 15.0 Å². The standard InChI is InChI=1S/C18H20N4O2/c1-12-13(2)21-17(14-6-4-8-19-10-14)22-16(12)20-11-18(3,23)15-7-5-9-24-15/h4-10,23H,11H2,1-3H3,(H,20,21,22). The quantitative estimate of drug-likeness (QED) is 0.750. The van der Waals surface area contributed by atoms with Crippen LogP contribution in [-0.2, 0) is 5.60 Å². The molecule has 0 aromatic carbocycles. The van der Waals surface area contributed by atoms with Crippen molar-refractivity contribution < 1.29 is 9.52 Å². The lowest BCUT2D eigenvalue weighted by Crippen LogP contribution is -2.30. The third-order valence-corrected chi connectivity index (χ3v) is 3.96. The first kappa shape index (κ1) is 16.1. The Morgan fingerprint density at radius 2 is 2.04 bits per heavy atom. The van der Waals surface area contributed by atoms with Crippen molar-refractivity contribution in [3.8, 4) is 11.4 Å². The number of nitrogens with one attached hydrogen (secondary N) is 1. The monoisotopic (exact) mass is 324 g/mol. The second-order valence-electron chi connectivity index (χ2n) is 5.95. The molecule has 6 heteroatoms. The lowest BCUT2D eigenvalue weighted by molar-refractivity contribution is 0.0475. The molecule has 1 unspecified atom stereocenters. The van der Waals surface area contributed by atoms with Crippen LogP contribution in [-0.4, -0.2) is 26.6 Å². The number of pyridine rings is 1. The van der Waals surface area contributed by atoms with Crippen molar-refractivity contribution in [3.05, 3.63) is 59.9 Å². The molecule has 0 spiro atoms. The van der Waals surface area contributed by atoms with Gasteiger partial charge in [0.15, 0.2) is 5.82 Å². The minimum atomic E-state index is -1.14. The van der Waals surface area contributed by atoms with Crippen LogP contribution in [0.1, 0.15) is 23.9 Å². The summed E-state index contributed by atoms with van der Waals surface area (Å²) in [7, 11) is 0. The number of aryl methyl sites for hydroxylation is 1. The Hall–Kier alpha value is -2.73. The van der Waals surface area contributed by atoms with Crippen molar-refractivity contribution in [3.63, 3.8) is 0 Å². The van der Waals surface area contributed by atoms with Gasteiger partial charge in [0.2, 0.25) is 0 Å². The molecule has 3 rings (SSSR count). The van der Waals surface area contributed by atoms with E-state index < -0.39 is 5.60 Å². The smallest absolute Gasteiger partial charge is 0.163 e. The van der Waals surface area contributed by atoms with E-state index in [2.05, 4.69) is 20.3 Å². The predicted octanol–water partition coefficient (Wildman–Crippen LogP) is 3.07. The Morgan fingerprint density at radius 3 is 2.71 bits per heavy atom. The highest BCUT2D eigenvalue weighted by Gasteiger charge is 2.26. The number of furan rings is 1. The Bertz CT molecular complexity index is 815. The normalized spacial score (nSPS) is 13.5. The van der Waals surface area contributed by atoms with E-state index in [1.54, 1.807) is 37.7 Å². The molecule has 24 heavy (non-hydrogen) atoms. The van der Waals surface area contributed by atoms with Gasteiger partial charge in [-0.3, -0.25) is 4.98 Å². The second kappa shape index (κ2) is 6.41. The number of nitrogens with zero attached hydrogens (tertiary/aromatic N) is 3. The zero-order valence-corrected chi connectivity index (χ0v) is 13.9. The molecule has 0 amide bonds. The summed E-state index contributed by atoms with van der Waals surface area (Å²) in [5, 5.41) is 13.8. The van der Waals surface area contributed by atoms with Gasteiger partial charge in [0.1, 0.15) is 17.2 Å². The molecule has 0 saturated heterocycles. The number of hydrogen-bond donors (Lipinski definition) is 2. The van der Waals surface area contributed by atoms with Gasteiger partial charge in [0, 0.05) is 29.2 Å². The van der Waals surface area contributed by atoms with Crippen molar-refractivity contribution in [2.45, 2.75) is 26.4 Å². The van der Waals surface area contributed by atoms with E-state index in [1.807, 2.05) is 26.0 Å². The second-order valence-corrected chi connectivity index (χ2v) is 5.95. The summed E-state index contributed by atoms with van der Waals surface area (Å²) < 4.78 is 5.30. The molecule has 3 heterocycles. The summed E-state index contributed by atoms with van der Waals surface area (Å²) in [4.78, 5) is 13.2. The van der Waals surface area contributed by atoms with Gasteiger partial charge in [-0.25, -0.2) is 9.97 Å². The molecule has 1 atom stereocenters. The van der Waals surface area contributed by atoms with E-state index in [-0.39, 0.29) is 6.54 Å². The van der Waals surface area contributed by atoms with Gasteiger partial charge in [-0.2, -0.15) is 0 Å². The van der Waals surface area contributed by atoms with Gasteiger partial charge >= 0.3 is 0 Å². The highest BCUT2D eigenvalue weighted by molar-refractivity contribution is 5.58. The lowest BCUT2D eigenvalue weighted by Gasteiger charge is -2.22. The number of rotatable bonds is 5. The molecule has 124 valence electrons. The first-order chi connectivity index (χ1) is 11.5. The Labute approximate surface area is 140 Å². The van der Waals surface area contributed by atoms with Crippen LogP contribution >= 0.6 is 0 Å². The molecule has 0 saturated carbocycles. The Balaban J connectivity index is 1.87. The maximum atomic E-state index is 10.6. The number of anilines is 1. The summed E-state index contributed by atoms with van der Waals surface area (Å²) in [6.07, 6.45) is 4.99. The molecule has 6 nitrogen and oxygen atoms in total. The zero-order chi connectivity index (χ0) is 17.2. The SMILES string of the molecule is Cc1nc(-c2cccnc2)nc(NCC(C)(O)c2ccco2)c1C. The van der Waals surface area contributed by atoms with Crippen LogP contribution < -0.4 is 5.32 Å². The molecule has 0 radical (unpaired) electrons. The van der Waals surface area contributed by atoms with Gasteiger partial charge in [-0.1, -0.05) is 0 Å². The van der Waals surface area contributed by atoms with Crippen molar-refractivity contribution in [2.75, 3.05) is 11.9 Å². The highest BCUT2D eigenvalue weighted by atomic mass is 16.4. The van der Waals surface area contributed by atoms with E-state index >= 15 is 0 Å². The van der Waals surface area contributed by atoms with Crippen LogP contribution in [0.3, 0.4) is 0 Å². The largest absolute Gasteiger partial charge is 0.466 e. The minimum Gasteiger partial charge on any atom is -0.466 e. The molecule has 3 aromatic rings. The predicted molar refractivity (Wildman–Crippen MR) is 91.5 cm³/mol. The summed E-state index contributed by atoms with van der Waals surface area (Å²) in [6.45, 7) is 5.85. The molecule has 0 aliphatic carbocycles. The fraction of sp³-hybridized carbons (Fsp3) is 0.278. The van der Waals surface area contributed by atoms with E-state index in [1.165, 1.54) is 0 Å². The molecule has 0 aliphatic heterocycles. The van der Waals surface area contributed by atoms with Crippen molar-refractivity contribution in [1.29, 1.82) is 0 Å². The molecule has 0 bridgehead atoms. The maximum absolute atomic E-state index is 10.6. The fourth-order valence-corrected chi connectivity index (χ4v) is 2.35. The maximum Gasteiger partial charge on any atom is 0.163 e. The lowest BCUT2D eigenvalue weighted by atomic mass is 10.0. The summed E-state index contributed by atoms with van der Waals surface area (Å²) in [6, 6.07) is 7.27. The van der Waals surface area contributed by atoms with Crippen LogP contribution in [0.2, 0.25) is 0 Å². The molecular formula is C18H20N4O2. The Kier molecular flexibility index (Phi) is 4.31. The fourth-order valence-electron chi connectivity index (χ4n) is 2.35. The first-order valence-corrected chi connectivity index (χ1v) is 7.73. The van der Waals surface area contributed by atoms with Gasteiger partial charge in [0.25, 0.3) is 0 Å². The topological polar surface area (TPSA) is 84.1 Å². The molecule has 0 aliphatic rings. The van der Waals surface area contributed by atoms with Crippen LogP contribution in [0, 0.1) is 13.8 Å². The highest BCUT2D eigenvalue weighted by Crippen LogP contribution is 2.24. The van der Waals surface area contributed by atoms with E-state index in [0.717, 1.165) is 16.8 Å². The van der Waals surface area contributed by atoms with Crippen LogP contribution in [0.15, 0.2) is 47.3 Å². The Morgan fingerprint density at radius 1 is 1.21 bits per heavy atom. The molecular weight excluding hydrogens is 304 g/mol. The van der Waals surface area contributed by atoms with Crippen LogP contribution in [0.5, 0.6) is 0 Å². The van der Waals surface area contributed by atoms with E-state index in [9.17, 15) is 5.11 Å². The average molecular weight is 324 g/mol. The average Bonchev–Trinajstić information content (AvgIpc) is 3.12. The van der Waals surface area contributed by atoms with Crippen LogP contribution in [0.4, 0.5) is 5.82 Å². The van der Waals surface area contributed by atoms with Gasteiger partial charge < -0.3 is 14.8 Å². The van der Waals surface area contributed by atoms with Crippen LogP contribution in [0.25, 0.3) is 11.4 Å². The minimum absolute atomic E-state index is 0.268. The number of aliphatic hydroxyl groups is 1. The third-order valence-electron chi connectivity index (χ3n) is 3.96. The summed E-state index contributed by atoms with van der Waals surface area (Å²) in [5.74, 6) is 1.80. The van der Waals surface area contributed by atoms with Gasteiger partial charge in [-0.15, -0.1) is 0 Å².